The topological polar surface area (TPSA) is 200 Å². The van der Waals surface area contributed by atoms with Crippen LogP contribution in [0, 0.1) is 0 Å². The van der Waals surface area contributed by atoms with Gasteiger partial charge in [0.1, 0.15) is 24.6 Å². The molecule has 0 fully saturated rings. The zero-order chi connectivity index (χ0) is 17.7. The lowest BCUT2D eigenvalue weighted by atomic mass is 9.92. The number of carboxylic acid groups (broad SMARTS) is 1. The summed E-state index contributed by atoms with van der Waals surface area (Å²) in [6.45, 7) is 0.427. The Bertz CT molecular complexity index is 470. The van der Waals surface area contributed by atoms with Crippen LogP contribution in [0.3, 0.4) is 0 Å². The van der Waals surface area contributed by atoms with Gasteiger partial charge in [-0.05, 0) is 6.08 Å². The molecule has 0 spiro atoms. The zero-order valence-electron chi connectivity index (χ0n) is 12.4. The van der Waals surface area contributed by atoms with Crippen LogP contribution in [0.25, 0.3) is 0 Å². The Morgan fingerprint density at radius 3 is 2.43 bits per heavy atom. The van der Waals surface area contributed by atoms with Crippen LogP contribution < -0.4 is 22.1 Å². The number of carbonyl (C=O) groups is 2. The smallest absolute Gasteiger partial charge is 0.370 e. The van der Waals surface area contributed by atoms with Crippen molar-refractivity contribution >= 4 is 11.9 Å². The number of nitrogens with one attached hydrogen (secondary N) is 2. The van der Waals surface area contributed by atoms with Gasteiger partial charge in [0, 0.05) is 6.92 Å². The first kappa shape index (κ1) is 19.3. The average Bonchev–Trinajstić information content (AvgIpc) is 2.45. The fourth-order valence-electron chi connectivity index (χ4n) is 2.24. The summed E-state index contributed by atoms with van der Waals surface area (Å²) in [5.41, 5.74) is 10.9. The lowest BCUT2D eigenvalue weighted by Crippen LogP contribution is -2.65. The molecule has 132 valence electrons. The van der Waals surface area contributed by atoms with Crippen LogP contribution >= 0.6 is 0 Å². The van der Waals surface area contributed by atoms with E-state index in [4.69, 9.17) is 26.4 Å². The number of aliphatic carboxylic acids is 1. The average molecular weight is 334 g/mol. The van der Waals surface area contributed by atoms with Crippen molar-refractivity contribution in [1.29, 1.82) is 0 Å². The van der Waals surface area contributed by atoms with E-state index in [0.717, 1.165) is 6.08 Å². The molecule has 0 unspecified atom stereocenters. The quantitative estimate of drug-likeness (QED) is 0.211. The third kappa shape index (κ3) is 5.13. The van der Waals surface area contributed by atoms with Crippen molar-refractivity contribution in [2.45, 2.75) is 43.6 Å². The monoisotopic (exact) mass is 334 g/mol. The van der Waals surface area contributed by atoms with E-state index in [0.29, 0.717) is 0 Å². The number of aliphatic hydroxyl groups excluding tert-OH is 3. The highest BCUT2D eigenvalue weighted by Gasteiger charge is 2.43. The van der Waals surface area contributed by atoms with Crippen molar-refractivity contribution in [1.82, 2.24) is 10.6 Å². The van der Waals surface area contributed by atoms with E-state index in [1.165, 1.54) is 6.92 Å². The molecule has 0 aliphatic carbocycles. The minimum atomic E-state index is -1.67. The Kier molecular flexibility index (Phi) is 6.87. The van der Waals surface area contributed by atoms with Gasteiger partial charge in [-0.3, -0.25) is 10.1 Å². The molecule has 23 heavy (non-hydrogen) atoms. The summed E-state index contributed by atoms with van der Waals surface area (Å²) in [7, 11) is 0. The number of rotatable bonds is 7. The highest BCUT2D eigenvalue weighted by atomic mass is 16.5. The minimum absolute atomic E-state index is 0.487. The van der Waals surface area contributed by atoms with E-state index in [2.05, 4.69) is 10.6 Å². The number of nitrogens with two attached hydrogens (primary N) is 2. The van der Waals surface area contributed by atoms with Gasteiger partial charge in [-0.25, -0.2) is 4.79 Å². The van der Waals surface area contributed by atoms with E-state index in [9.17, 15) is 19.8 Å². The van der Waals surface area contributed by atoms with Gasteiger partial charge < -0.3 is 41.9 Å². The molecule has 1 aliphatic rings. The highest BCUT2D eigenvalue weighted by molar-refractivity contribution is 5.84. The second-order valence-corrected chi connectivity index (χ2v) is 5.10. The fourth-order valence-corrected chi connectivity index (χ4v) is 2.24. The molecule has 11 nitrogen and oxygen atoms in total. The van der Waals surface area contributed by atoms with Crippen molar-refractivity contribution in [3.05, 3.63) is 11.8 Å². The molecule has 0 saturated heterocycles. The van der Waals surface area contributed by atoms with Crippen LogP contribution in [0.4, 0.5) is 0 Å². The fraction of sp³-hybridized carbons (Fsp3) is 0.667. The Balaban J connectivity index is 3.19. The van der Waals surface area contributed by atoms with Crippen LogP contribution in [0.5, 0.6) is 0 Å². The van der Waals surface area contributed by atoms with Crippen molar-refractivity contribution < 1.29 is 34.8 Å². The van der Waals surface area contributed by atoms with E-state index in [-0.39, 0.29) is 0 Å². The summed E-state index contributed by atoms with van der Waals surface area (Å²) in [5.74, 6) is -2.42. The number of hydrogen-bond donors (Lipinski definition) is 8. The summed E-state index contributed by atoms with van der Waals surface area (Å²) in [6.07, 6.45) is -4.52. The first-order chi connectivity index (χ1) is 10.7. The van der Waals surface area contributed by atoms with Crippen molar-refractivity contribution in [3.63, 3.8) is 0 Å². The van der Waals surface area contributed by atoms with Gasteiger partial charge in [0.15, 0.2) is 0 Å². The first-order valence-electron chi connectivity index (χ1n) is 6.80. The van der Waals surface area contributed by atoms with E-state index in [1.54, 1.807) is 0 Å². The molecule has 10 N–H and O–H groups in total. The highest BCUT2D eigenvalue weighted by Crippen LogP contribution is 2.23. The predicted molar refractivity (Wildman–Crippen MR) is 76.4 cm³/mol. The molecule has 11 heteroatoms. The SMILES string of the molecule is CC(=O)N[C@H]1[C@H]([C@H](O)[C@H](O)CO)OC(C(=O)O)=C[C@@H]1NC(N)N. The van der Waals surface area contributed by atoms with Crippen molar-refractivity contribution in [3.8, 4) is 0 Å². The summed E-state index contributed by atoms with van der Waals surface area (Å²) in [5, 5.41) is 42.8. The largest absolute Gasteiger partial charge is 0.478 e. The Morgan fingerprint density at radius 2 is 2.00 bits per heavy atom. The Labute approximate surface area is 131 Å². The summed E-state index contributed by atoms with van der Waals surface area (Å²) in [6, 6.07) is -1.87. The van der Waals surface area contributed by atoms with Crippen molar-refractivity contribution in [2.75, 3.05) is 6.61 Å². The number of ether oxygens (including phenoxy) is 1. The maximum absolute atomic E-state index is 11.4. The molecular weight excluding hydrogens is 312 g/mol. The standard InChI is InChI=1S/C12H22N4O7/c1-4(18)15-8-5(16-12(13)14)2-7(11(21)22)23-10(8)9(20)6(19)3-17/h2,5-6,8-10,12,16-17,19-20H,3,13-14H2,1H3,(H,15,18)(H,21,22)/t5-,6+,8+,9+,10+/m0/s1. The van der Waals surface area contributed by atoms with Crippen LogP contribution in [-0.2, 0) is 14.3 Å². The number of hydrogen-bond acceptors (Lipinski definition) is 9. The molecule has 1 aliphatic heterocycles. The van der Waals surface area contributed by atoms with Gasteiger partial charge in [0.25, 0.3) is 0 Å². The Morgan fingerprint density at radius 1 is 1.39 bits per heavy atom. The van der Waals surface area contributed by atoms with Gasteiger partial charge in [-0.2, -0.15) is 0 Å². The molecule has 1 heterocycles. The molecule has 0 radical (unpaired) electrons. The molecule has 0 aromatic heterocycles. The van der Waals surface area contributed by atoms with Gasteiger partial charge >= 0.3 is 5.97 Å². The lowest BCUT2D eigenvalue weighted by Gasteiger charge is -2.40. The molecular formula is C12H22N4O7. The van der Waals surface area contributed by atoms with Crippen LogP contribution in [-0.4, -0.2) is 75.6 Å². The van der Waals surface area contributed by atoms with Gasteiger partial charge in [-0.15, -0.1) is 0 Å². The number of carboxylic acids is 1. The van der Waals surface area contributed by atoms with Gasteiger partial charge in [0.05, 0.1) is 18.7 Å². The molecule has 0 aromatic rings. The molecule has 0 aromatic carbocycles. The lowest BCUT2D eigenvalue weighted by molar-refractivity contribution is -0.146. The van der Waals surface area contributed by atoms with Crippen LogP contribution in [0.1, 0.15) is 6.92 Å². The van der Waals surface area contributed by atoms with Crippen LogP contribution in [0.2, 0.25) is 0 Å². The summed E-state index contributed by atoms with van der Waals surface area (Å²) < 4.78 is 5.16. The van der Waals surface area contributed by atoms with E-state index < -0.39 is 60.9 Å². The maximum atomic E-state index is 11.4. The van der Waals surface area contributed by atoms with Gasteiger partial charge in [0.2, 0.25) is 11.7 Å². The predicted octanol–water partition coefficient (Wildman–Crippen LogP) is -4.27. The van der Waals surface area contributed by atoms with Gasteiger partial charge in [-0.1, -0.05) is 0 Å². The maximum Gasteiger partial charge on any atom is 0.370 e. The third-order valence-corrected chi connectivity index (χ3v) is 3.22. The summed E-state index contributed by atoms with van der Waals surface area (Å²) in [4.78, 5) is 22.5. The molecule has 1 amide bonds. The number of amides is 1. The first-order valence-corrected chi connectivity index (χ1v) is 6.80. The molecule has 5 atom stereocenters. The third-order valence-electron chi connectivity index (χ3n) is 3.22. The number of aliphatic hydroxyl groups is 3. The summed E-state index contributed by atoms with van der Waals surface area (Å²) >= 11 is 0. The second kappa shape index (κ2) is 8.19. The van der Waals surface area contributed by atoms with E-state index in [1.807, 2.05) is 0 Å². The van der Waals surface area contributed by atoms with E-state index >= 15 is 0 Å². The zero-order valence-corrected chi connectivity index (χ0v) is 12.4. The second-order valence-electron chi connectivity index (χ2n) is 5.10. The van der Waals surface area contributed by atoms with Crippen LogP contribution in [0.15, 0.2) is 11.8 Å². The minimum Gasteiger partial charge on any atom is -0.478 e. The molecule has 0 bridgehead atoms. The number of carbonyl (C=O) groups excluding carboxylic acids is 1. The molecule has 0 saturated carbocycles. The van der Waals surface area contributed by atoms with Crippen molar-refractivity contribution in [2.24, 2.45) is 11.5 Å². The normalized spacial score (nSPS) is 26.9. The Hall–Kier alpha value is -1.76. The molecule has 1 rings (SSSR count).